The Bertz CT molecular complexity index is 901. The van der Waals surface area contributed by atoms with E-state index < -0.39 is 0 Å². The Hall–Kier alpha value is -2.29. The van der Waals surface area contributed by atoms with Gasteiger partial charge in [0.25, 0.3) is 0 Å². The van der Waals surface area contributed by atoms with Crippen molar-refractivity contribution < 1.29 is 9.47 Å². The first-order valence-electron chi connectivity index (χ1n) is 11.3. The van der Waals surface area contributed by atoms with Gasteiger partial charge in [0.1, 0.15) is 12.1 Å². The normalized spacial score (nSPS) is 33.2. The highest BCUT2D eigenvalue weighted by Crippen LogP contribution is 2.45. The van der Waals surface area contributed by atoms with Crippen molar-refractivity contribution in [3.05, 3.63) is 42.0 Å². The Morgan fingerprint density at radius 3 is 2.74 bits per heavy atom. The molecule has 2 aromatic heterocycles. The lowest BCUT2D eigenvalue weighted by Gasteiger charge is -2.36. The van der Waals surface area contributed by atoms with E-state index in [0.29, 0.717) is 17.9 Å². The van der Waals surface area contributed by atoms with Crippen molar-refractivity contribution in [3.63, 3.8) is 0 Å². The summed E-state index contributed by atoms with van der Waals surface area (Å²) in [6.07, 6.45) is 7.22. The van der Waals surface area contributed by atoms with Crippen molar-refractivity contribution in [2.24, 2.45) is 5.92 Å². The Morgan fingerprint density at radius 2 is 1.94 bits per heavy atom. The monoisotopic (exact) mass is 424 g/mol. The zero-order valence-corrected chi connectivity index (χ0v) is 18.5. The van der Waals surface area contributed by atoms with Gasteiger partial charge >= 0.3 is 0 Å². The largest absolute Gasteiger partial charge is 0.481 e. The number of rotatable bonds is 4. The maximum absolute atomic E-state index is 5.89. The van der Waals surface area contributed by atoms with Crippen molar-refractivity contribution in [2.75, 3.05) is 25.1 Å². The minimum Gasteiger partial charge on any atom is -0.481 e. The average Bonchev–Trinajstić information content (AvgIpc) is 3.22. The van der Waals surface area contributed by atoms with Crippen LogP contribution in [0.4, 0.5) is 5.82 Å². The standard InChI is InChI=1S/C23H32N6O2/c1-14-11-29(12-15(2)31-14)21-10-20(25-13-26-21)22-18-9-16(6-7-19(18)27-28-22)17-5-4-8-24-23(17)30-3/h4-5,8,10,13-16,18-19,22,27-28H,6-7,9,11-12H2,1-3H3/t14-,15+,16?,18?,19?,22?. The molecule has 0 amide bonds. The van der Waals surface area contributed by atoms with Crippen LogP contribution in [0, 0.1) is 5.92 Å². The highest BCUT2D eigenvalue weighted by molar-refractivity contribution is 5.41. The molecule has 1 aliphatic carbocycles. The quantitative estimate of drug-likeness (QED) is 0.775. The highest BCUT2D eigenvalue weighted by Gasteiger charge is 2.42. The number of nitrogens with zero attached hydrogens (tertiary/aromatic N) is 4. The molecule has 0 spiro atoms. The molecule has 0 aromatic carbocycles. The second-order valence-electron chi connectivity index (χ2n) is 9.11. The summed E-state index contributed by atoms with van der Waals surface area (Å²) in [5.41, 5.74) is 9.33. The smallest absolute Gasteiger partial charge is 0.216 e. The van der Waals surface area contributed by atoms with Crippen LogP contribution in [0.2, 0.25) is 0 Å². The van der Waals surface area contributed by atoms with E-state index >= 15 is 0 Å². The Morgan fingerprint density at radius 1 is 1.10 bits per heavy atom. The summed E-state index contributed by atoms with van der Waals surface area (Å²) in [5.74, 6) is 2.63. The lowest BCUT2D eigenvalue weighted by atomic mass is 9.73. The zero-order valence-electron chi connectivity index (χ0n) is 18.5. The van der Waals surface area contributed by atoms with Crippen molar-refractivity contribution in [1.29, 1.82) is 0 Å². The van der Waals surface area contributed by atoms with Crippen LogP contribution in [0.25, 0.3) is 0 Å². The third-order valence-corrected chi connectivity index (χ3v) is 6.92. The van der Waals surface area contributed by atoms with Gasteiger partial charge in [0.2, 0.25) is 5.88 Å². The molecule has 3 aliphatic rings. The van der Waals surface area contributed by atoms with Gasteiger partial charge in [-0.25, -0.2) is 20.4 Å². The number of hydrazine groups is 1. The van der Waals surface area contributed by atoms with Crippen LogP contribution in [0.1, 0.15) is 56.3 Å². The van der Waals surface area contributed by atoms with Crippen LogP contribution in [0.5, 0.6) is 5.88 Å². The number of hydrogen-bond acceptors (Lipinski definition) is 8. The summed E-state index contributed by atoms with van der Waals surface area (Å²) in [6.45, 7) is 5.94. The van der Waals surface area contributed by atoms with Crippen LogP contribution in [0.3, 0.4) is 0 Å². The van der Waals surface area contributed by atoms with Gasteiger partial charge in [0, 0.05) is 37.0 Å². The molecule has 0 radical (unpaired) electrons. The lowest BCUT2D eigenvalue weighted by molar-refractivity contribution is -0.00547. The summed E-state index contributed by atoms with van der Waals surface area (Å²) in [5, 5.41) is 0. The van der Waals surface area contributed by atoms with Crippen LogP contribution in [-0.2, 0) is 4.74 Å². The van der Waals surface area contributed by atoms with Gasteiger partial charge in [0.05, 0.1) is 31.1 Å². The molecule has 0 bridgehead atoms. The molecule has 3 fully saturated rings. The lowest BCUT2D eigenvalue weighted by Crippen LogP contribution is -2.46. The SMILES string of the molecule is COc1ncccc1C1CCC2NNC(c3cc(N4C[C@@H](C)O[C@@H](C)C4)ncn3)C2C1. The summed E-state index contributed by atoms with van der Waals surface area (Å²) in [4.78, 5) is 16.0. The molecular weight excluding hydrogens is 392 g/mol. The summed E-state index contributed by atoms with van der Waals surface area (Å²) >= 11 is 0. The molecule has 31 heavy (non-hydrogen) atoms. The number of fused-ring (bicyclic) bond motifs is 1. The summed E-state index contributed by atoms with van der Waals surface area (Å²) in [6, 6.07) is 6.93. The first-order valence-corrected chi connectivity index (χ1v) is 11.3. The van der Waals surface area contributed by atoms with Gasteiger partial charge in [-0.2, -0.15) is 0 Å². The fourth-order valence-electron chi connectivity index (χ4n) is 5.59. The average molecular weight is 425 g/mol. The van der Waals surface area contributed by atoms with Crippen molar-refractivity contribution >= 4 is 5.82 Å². The Kier molecular flexibility index (Phi) is 5.77. The number of nitrogens with one attached hydrogen (secondary N) is 2. The Labute approximate surface area is 183 Å². The molecular formula is C23H32N6O2. The van der Waals surface area contributed by atoms with Crippen molar-refractivity contribution in [1.82, 2.24) is 25.8 Å². The second kappa shape index (κ2) is 8.68. The number of hydrogen-bond donors (Lipinski definition) is 2. The van der Waals surface area contributed by atoms with Crippen molar-refractivity contribution in [2.45, 2.75) is 63.3 Å². The number of aromatic nitrogens is 3. The number of morpholine rings is 1. The Balaban J connectivity index is 1.36. The minimum absolute atomic E-state index is 0.160. The number of methoxy groups -OCH3 is 1. The van der Waals surface area contributed by atoms with Gasteiger partial charge in [0.15, 0.2) is 0 Å². The molecule has 4 unspecified atom stereocenters. The van der Waals surface area contributed by atoms with Crippen LogP contribution in [0.15, 0.2) is 30.7 Å². The molecule has 5 rings (SSSR count). The predicted octanol–water partition coefficient (Wildman–Crippen LogP) is 2.60. The molecule has 8 nitrogen and oxygen atoms in total. The van der Waals surface area contributed by atoms with E-state index in [1.165, 1.54) is 5.56 Å². The topological polar surface area (TPSA) is 84.4 Å². The van der Waals surface area contributed by atoms with E-state index in [1.807, 2.05) is 6.07 Å². The van der Waals surface area contributed by atoms with Crippen LogP contribution in [-0.4, -0.2) is 53.4 Å². The maximum atomic E-state index is 5.89. The van der Waals surface area contributed by atoms with Gasteiger partial charge in [-0.1, -0.05) is 6.07 Å². The molecule has 2 aliphatic heterocycles. The summed E-state index contributed by atoms with van der Waals surface area (Å²) < 4.78 is 11.4. The van der Waals surface area contributed by atoms with Crippen molar-refractivity contribution in [3.8, 4) is 5.88 Å². The van der Waals surface area contributed by atoms with E-state index in [0.717, 1.165) is 49.7 Å². The van der Waals surface area contributed by atoms with E-state index in [1.54, 1.807) is 19.6 Å². The second-order valence-corrected chi connectivity index (χ2v) is 9.11. The summed E-state index contributed by atoms with van der Waals surface area (Å²) in [7, 11) is 1.70. The molecule has 2 aromatic rings. The zero-order chi connectivity index (χ0) is 21.4. The minimum atomic E-state index is 0.160. The van der Waals surface area contributed by atoms with E-state index in [4.69, 9.17) is 9.47 Å². The number of anilines is 1. The predicted molar refractivity (Wildman–Crippen MR) is 118 cm³/mol. The number of ether oxygens (including phenoxy) is 2. The maximum Gasteiger partial charge on any atom is 0.216 e. The van der Waals surface area contributed by atoms with E-state index in [2.05, 4.69) is 56.7 Å². The fraction of sp³-hybridized carbons (Fsp3) is 0.609. The molecule has 6 atom stereocenters. The fourth-order valence-corrected chi connectivity index (χ4v) is 5.59. The first-order chi connectivity index (χ1) is 15.1. The molecule has 8 heteroatoms. The first kappa shape index (κ1) is 20.6. The van der Waals surface area contributed by atoms with E-state index in [-0.39, 0.29) is 18.2 Å². The third-order valence-electron chi connectivity index (χ3n) is 6.92. The highest BCUT2D eigenvalue weighted by atomic mass is 16.5. The molecule has 1 saturated carbocycles. The van der Waals surface area contributed by atoms with Crippen LogP contribution < -0.4 is 20.5 Å². The molecule has 2 N–H and O–H groups in total. The molecule has 2 saturated heterocycles. The van der Waals surface area contributed by atoms with Gasteiger partial charge in [-0.15, -0.1) is 0 Å². The van der Waals surface area contributed by atoms with Gasteiger partial charge < -0.3 is 14.4 Å². The van der Waals surface area contributed by atoms with E-state index in [9.17, 15) is 0 Å². The molecule has 4 heterocycles. The molecule has 166 valence electrons. The van der Waals surface area contributed by atoms with Gasteiger partial charge in [-0.3, -0.25) is 5.43 Å². The number of pyridine rings is 1. The van der Waals surface area contributed by atoms with Gasteiger partial charge in [-0.05, 0) is 51.0 Å². The van der Waals surface area contributed by atoms with Crippen LogP contribution >= 0.6 is 0 Å². The third kappa shape index (κ3) is 4.12.